The minimum absolute atomic E-state index is 0.289. The largest absolute Gasteiger partial charge is 0.385 e. The molecule has 0 unspecified atom stereocenters. The third-order valence-electron chi connectivity index (χ3n) is 2.44. The molecule has 17 heavy (non-hydrogen) atoms. The Kier molecular flexibility index (Phi) is 6.55. The Labute approximate surface area is 107 Å². The van der Waals surface area contributed by atoms with Gasteiger partial charge in [0.2, 0.25) is 5.91 Å². The number of carbonyl (C=O) groups is 1. The molecular weight excluding hydrogens is 232 g/mol. The summed E-state index contributed by atoms with van der Waals surface area (Å²) < 4.78 is 0. The fraction of sp³-hybridized carbons (Fsp3) is 0.462. The Hall–Kier alpha value is -1.16. The normalized spacial score (nSPS) is 10.2. The number of thioether (sulfide) groups is 1. The van der Waals surface area contributed by atoms with Gasteiger partial charge in [0.05, 0.1) is 6.42 Å². The van der Waals surface area contributed by atoms with Gasteiger partial charge in [-0.15, -0.1) is 0 Å². The molecule has 0 spiro atoms. The van der Waals surface area contributed by atoms with E-state index in [1.807, 2.05) is 36.0 Å². The molecule has 0 bridgehead atoms. The zero-order valence-electron chi connectivity index (χ0n) is 10.2. The van der Waals surface area contributed by atoms with Gasteiger partial charge in [-0.1, -0.05) is 12.1 Å². The van der Waals surface area contributed by atoms with Crippen LogP contribution in [0.15, 0.2) is 24.3 Å². The van der Waals surface area contributed by atoms with Crippen LogP contribution in [0.5, 0.6) is 0 Å². The number of rotatable bonds is 8. The summed E-state index contributed by atoms with van der Waals surface area (Å²) in [6.07, 6.45) is 4.87. The van der Waals surface area contributed by atoms with Crippen molar-refractivity contribution in [2.24, 2.45) is 5.73 Å². The molecule has 0 aromatic heterocycles. The third kappa shape index (κ3) is 6.22. The smallest absolute Gasteiger partial charge is 0.221 e. The van der Waals surface area contributed by atoms with Crippen molar-refractivity contribution >= 4 is 23.4 Å². The molecule has 0 aliphatic rings. The summed E-state index contributed by atoms with van der Waals surface area (Å²) in [5, 5.41) is 3.36. The lowest BCUT2D eigenvalue weighted by atomic mass is 10.1. The SMILES string of the molecule is CSCCCCNc1ccc(CC(N)=O)cc1. The number of nitrogens with two attached hydrogens (primary N) is 1. The third-order valence-corrected chi connectivity index (χ3v) is 3.13. The molecule has 0 fully saturated rings. The Morgan fingerprint density at radius 3 is 2.59 bits per heavy atom. The van der Waals surface area contributed by atoms with E-state index in [0.717, 1.165) is 17.8 Å². The maximum absolute atomic E-state index is 10.7. The molecule has 1 amide bonds. The van der Waals surface area contributed by atoms with E-state index in [4.69, 9.17) is 5.73 Å². The lowest BCUT2D eigenvalue weighted by molar-refractivity contribution is -0.117. The van der Waals surface area contributed by atoms with Crippen molar-refractivity contribution in [3.8, 4) is 0 Å². The maximum atomic E-state index is 10.7. The van der Waals surface area contributed by atoms with Crippen LogP contribution in [0.1, 0.15) is 18.4 Å². The summed E-state index contributed by atoms with van der Waals surface area (Å²) in [5.41, 5.74) is 7.20. The number of anilines is 1. The van der Waals surface area contributed by atoms with Crippen molar-refractivity contribution in [2.45, 2.75) is 19.3 Å². The van der Waals surface area contributed by atoms with Gasteiger partial charge in [-0.2, -0.15) is 11.8 Å². The Morgan fingerprint density at radius 1 is 1.29 bits per heavy atom. The molecule has 0 atom stereocenters. The molecule has 94 valence electrons. The van der Waals surface area contributed by atoms with E-state index in [1.165, 1.54) is 18.6 Å². The van der Waals surface area contributed by atoms with Crippen molar-refractivity contribution in [1.82, 2.24) is 0 Å². The van der Waals surface area contributed by atoms with Crippen molar-refractivity contribution in [3.05, 3.63) is 29.8 Å². The lowest BCUT2D eigenvalue weighted by Crippen LogP contribution is -2.13. The molecule has 0 saturated heterocycles. The zero-order chi connectivity index (χ0) is 12.5. The van der Waals surface area contributed by atoms with Crippen LogP contribution < -0.4 is 11.1 Å². The van der Waals surface area contributed by atoms with Gasteiger partial charge in [0.1, 0.15) is 0 Å². The number of amides is 1. The zero-order valence-corrected chi connectivity index (χ0v) is 11.1. The van der Waals surface area contributed by atoms with Crippen LogP contribution in [0.3, 0.4) is 0 Å². The fourth-order valence-electron chi connectivity index (χ4n) is 1.55. The monoisotopic (exact) mass is 252 g/mol. The van der Waals surface area contributed by atoms with Gasteiger partial charge in [-0.05, 0) is 42.5 Å². The number of primary amides is 1. The van der Waals surface area contributed by atoms with Gasteiger partial charge in [0.25, 0.3) is 0 Å². The highest BCUT2D eigenvalue weighted by Crippen LogP contribution is 2.10. The van der Waals surface area contributed by atoms with E-state index in [-0.39, 0.29) is 5.91 Å². The molecule has 0 radical (unpaired) electrons. The number of nitrogens with one attached hydrogen (secondary N) is 1. The highest BCUT2D eigenvalue weighted by Gasteiger charge is 1.98. The van der Waals surface area contributed by atoms with Crippen LogP contribution in [0.25, 0.3) is 0 Å². The second kappa shape index (κ2) is 8.01. The summed E-state index contributed by atoms with van der Waals surface area (Å²) in [6, 6.07) is 7.86. The predicted molar refractivity (Wildman–Crippen MR) is 75.4 cm³/mol. The maximum Gasteiger partial charge on any atom is 0.221 e. The first-order valence-electron chi connectivity index (χ1n) is 5.82. The van der Waals surface area contributed by atoms with Gasteiger partial charge in [0, 0.05) is 12.2 Å². The highest BCUT2D eigenvalue weighted by molar-refractivity contribution is 7.98. The molecule has 0 aliphatic carbocycles. The van der Waals surface area contributed by atoms with Crippen LogP contribution in [-0.2, 0) is 11.2 Å². The summed E-state index contributed by atoms with van der Waals surface area (Å²) in [4.78, 5) is 10.7. The Bertz CT molecular complexity index is 338. The standard InChI is InChI=1S/C13H20N2OS/c1-17-9-3-2-8-15-12-6-4-11(5-7-12)10-13(14)16/h4-7,15H,2-3,8-10H2,1H3,(H2,14,16). The molecule has 1 rings (SSSR count). The summed E-state index contributed by atoms with van der Waals surface area (Å²) >= 11 is 1.88. The number of hydrogen-bond acceptors (Lipinski definition) is 3. The first kappa shape index (κ1) is 13.9. The van der Waals surface area contributed by atoms with Crippen molar-refractivity contribution in [3.63, 3.8) is 0 Å². The van der Waals surface area contributed by atoms with Crippen LogP contribution in [-0.4, -0.2) is 24.5 Å². The van der Waals surface area contributed by atoms with Gasteiger partial charge in [-0.25, -0.2) is 0 Å². The second-order valence-electron chi connectivity index (χ2n) is 3.97. The predicted octanol–water partition coefficient (Wildman–Crippen LogP) is 2.27. The van der Waals surface area contributed by atoms with E-state index in [2.05, 4.69) is 11.6 Å². The number of carbonyl (C=O) groups excluding carboxylic acids is 1. The minimum atomic E-state index is -0.289. The van der Waals surface area contributed by atoms with E-state index in [0.29, 0.717) is 6.42 Å². The minimum Gasteiger partial charge on any atom is -0.385 e. The molecule has 1 aromatic rings. The number of unbranched alkanes of at least 4 members (excludes halogenated alkanes) is 1. The van der Waals surface area contributed by atoms with Crippen LogP contribution in [0.4, 0.5) is 5.69 Å². The molecule has 0 aliphatic heterocycles. The van der Waals surface area contributed by atoms with E-state index < -0.39 is 0 Å². The van der Waals surface area contributed by atoms with E-state index in [1.54, 1.807) is 0 Å². The number of benzene rings is 1. The van der Waals surface area contributed by atoms with Crippen molar-refractivity contribution in [2.75, 3.05) is 23.9 Å². The molecule has 3 nitrogen and oxygen atoms in total. The fourth-order valence-corrected chi connectivity index (χ4v) is 2.04. The molecular formula is C13H20N2OS. The molecule has 0 heterocycles. The first-order chi connectivity index (χ1) is 8.22. The number of hydrogen-bond donors (Lipinski definition) is 2. The first-order valence-corrected chi connectivity index (χ1v) is 7.22. The lowest BCUT2D eigenvalue weighted by Gasteiger charge is -2.06. The molecule has 1 aromatic carbocycles. The molecule has 3 N–H and O–H groups in total. The van der Waals surface area contributed by atoms with E-state index >= 15 is 0 Å². The molecule has 4 heteroatoms. The highest BCUT2D eigenvalue weighted by atomic mass is 32.2. The average molecular weight is 252 g/mol. The van der Waals surface area contributed by atoms with E-state index in [9.17, 15) is 4.79 Å². The van der Waals surface area contributed by atoms with Gasteiger partial charge in [0.15, 0.2) is 0 Å². The Balaban J connectivity index is 2.28. The van der Waals surface area contributed by atoms with Crippen LogP contribution in [0, 0.1) is 0 Å². The van der Waals surface area contributed by atoms with Crippen molar-refractivity contribution < 1.29 is 4.79 Å². The topological polar surface area (TPSA) is 55.1 Å². The van der Waals surface area contributed by atoms with Gasteiger partial charge < -0.3 is 11.1 Å². The van der Waals surface area contributed by atoms with Gasteiger partial charge in [-0.3, -0.25) is 4.79 Å². The average Bonchev–Trinajstić information content (AvgIpc) is 2.30. The Morgan fingerprint density at radius 2 is 2.00 bits per heavy atom. The second-order valence-corrected chi connectivity index (χ2v) is 4.95. The molecule has 0 saturated carbocycles. The van der Waals surface area contributed by atoms with Crippen LogP contribution in [0.2, 0.25) is 0 Å². The van der Waals surface area contributed by atoms with Crippen molar-refractivity contribution in [1.29, 1.82) is 0 Å². The summed E-state index contributed by atoms with van der Waals surface area (Å²) in [5.74, 6) is 0.932. The summed E-state index contributed by atoms with van der Waals surface area (Å²) in [6.45, 7) is 0.996. The van der Waals surface area contributed by atoms with Crippen LogP contribution >= 0.6 is 11.8 Å². The van der Waals surface area contributed by atoms with Gasteiger partial charge >= 0.3 is 0 Å². The summed E-state index contributed by atoms with van der Waals surface area (Å²) in [7, 11) is 0. The quantitative estimate of drug-likeness (QED) is 0.698.